The van der Waals surface area contributed by atoms with E-state index in [4.69, 9.17) is 14.2 Å². The van der Waals surface area contributed by atoms with Crippen LogP contribution in [0.1, 0.15) is 239 Å². The molecule has 0 aliphatic carbocycles. The van der Waals surface area contributed by atoms with E-state index in [0.717, 1.165) is 64.2 Å². The number of ether oxygens (including phenoxy) is 3. The number of unbranched alkanes of at least 4 members (excludes halogenated alkanes) is 27. The minimum atomic E-state index is -0.764. The Morgan fingerprint density at radius 2 is 0.667 bits per heavy atom. The predicted molar refractivity (Wildman–Crippen MR) is 215 cm³/mol. The third kappa shape index (κ3) is 39.2. The van der Waals surface area contributed by atoms with Crippen LogP contribution >= 0.6 is 0 Å². The van der Waals surface area contributed by atoms with Crippen LogP contribution in [0.25, 0.3) is 0 Å². The lowest BCUT2D eigenvalue weighted by Crippen LogP contribution is -2.30. The first kappa shape index (κ1) is 49.1. The standard InChI is InChI=1S/C45H84O6/c1-4-7-10-13-16-19-21-22-24-26-29-32-35-38-44(47)50-41-42(40-49-43(46)37-34-31-28-25-18-15-12-9-6-3)51-45(48)39-36-33-30-27-23-20-17-14-11-8-5-2/h14,17,42H,4-13,15-16,18-41H2,1-3H3/b17-14-/t42-/m1/s1. The van der Waals surface area contributed by atoms with Crippen molar-refractivity contribution in [2.24, 2.45) is 0 Å². The Bertz CT molecular complexity index is 794. The highest BCUT2D eigenvalue weighted by Crippen LogP contribution is 2.15. The molecule has 6 nitrogen and oxygen atoms in total. The van der Waals surface area contributed by atoms with Crippen molar-refractivity contribution in [2.75, 3.05) is 13.2 Å². The fourth-order valence-corrected chi connectivity index (χ4v) is 6.36. The molecule has 0 rings (SSSR count). The summed E-state index contributed by atoms with van der Waals surface area (Å²) < 4.78 is 16.7. The smallest absolute Gasteiger partial charge is 0.306 e. The fourth-order valence-electron chi connectivity index (χ4n) is 6.36. The summed E-state index contributed by atoms with van der Waals surface area (Å²) in [5.41, 5.74) is 0. The van der Waals surface area contributed by atoms with Crippen LogP contribution in [0.3, 0.4) is 0 Å². The number of carbonyl (C=O) groups excluding carboxylic acids is 3. The zero-order valence-corrected chi connectivity index (χ0v) is 34.1. The van der Waals surface area contributed by atoms with E-state index in [9.17, 15) is 14.4 Å². The Balaban J connectivity index is 4.33. The lowest BCUT2D eigenvalue weighted by Gasteiger charge is -2.18. The Hall–Kier alpha value is -1.85. The van der Waals surface area contributed by atoms with E-state index in [2.05, 4.69) is 32.9 Å². The zero-order valence-electron chi connectivity index (χ0n) is 34.1. The Morgan fingerprint density at radius 1 is 0.373 bits per heavy atom. The Kier molecular flexibility index (Phi) is 39.4. The Morgan fingerprint density at radius 3 is 1.04 bits per heavy atom. The van der Waals surface area contributed by atoms with Crippen LogP contribution < -0.4 is 0 Å². The second-order valence-electron chi connectivity index (χ2n) is 15.0. The van der Waals surface area contributed by atoms with E-state index in [0.29, 0.717) is 19.3 Å². The monoisotopic (exact) mass is 721 g/mol. The predicted octanol–water partition coefficient (Wildman–Crippen LogP) is 13.9. The third-order valence-corrected chi connectivity index (χ3v) is 9.77. The molecule has 1 atom stereocenters. The van der Waals surface area contributed by atoms with E-state index in [1.54, 1.807) is 0 Å². The summed E-state index contributed by atoms with van der Waals surface area (Å²) >= 11 is 0. The lowest BCUT2D eigenvalue weighted by atomic mass is 10.0. The molecule has 0 saturated heterocycles. The van der Waals surface area contributed by atoms with Crippen molar-refractivity contribution in [3.8, 4) is 0 Å². The molecule has 0 aromatic carbocycles. The van der Waals surface area contributed by atoms with E-state index >= 15 is 0 Å². The van der Waals surface area contributed by atoms with Gasteiger partial charge in [0.25, 0.3) is 0 Å². The number of hydrogen-bond donors (Lipinski definition) is 0. The van der Waals surface area contributed by atoms with Gasteiger partial charge in [-0.2, -0.15) is 0 Å². The van der Waals surface area contributed by atoms with Crippen LogP contribution in [0.15, 0.2) is 12.2 Å². The molecule has 0 radical (unpaired) electrons. The number of hydrogen-bond acceptors (Lipinski definition) is 6. The van der Waals surface area contributed by atoms with E-state index in [1.165, 1.54) is 135 Å². The molecule has 0 aliphatic heterocycles. The van der Waals surface area contributed by atoms with Gasteiger partial charge in [0.15, 0.2) is 6.10 Å². The molecule has 0 heterocycles. The van der Waals surface area contributed by atoms with Crippen molar-refractivity contribution >= 4 is 17.9 Å². The molecule has 0 aromatic rings. The van der Waals surface area contributed by atoms with Crippen molar-refractivity contribution in [2.45, 2.75) is 245 Å². The van der Waals surface area contributed by atoms with Gasteiger partial charge in [0.1, 0.15) is 13.2 Å². The third-order valence-electron chi connectivity index (χ3n) is 9.77. The van der Waals surface area contributed by atoms with Gasteiger partial charge >= 0.3 is 17.9 Å². The molecule has 0 amide bonds. The molecule has 0 saturated carbocycles. The van der Waals surface area contributed by atoms with E-state index in [-0.39, 0.29) is 31.1 Å². The minimum Gasteiger partial charge on any atom is -0.462 e. The van der Waals surface area contributed by atoms with Crippen LogP contribution in [0.2, 0.25) is 0 Å². The van der Waals surface area contributed by atoms with Gasteiger partial charge in [-0.1, -0.05) is 193 Å². The van der Waals surface area contributed by atoms with Crippen molar-refractivity contribution in [1.82, 2.24) is 0 Å². The highest BCUT2D eigenvalue weighted by Gasteiger charge is 2.19. The molecule has 0 aliphatic rings. The molecular weight excluding hydrogens is 636 g/mol. The summed E-state index contributed by atoms with van der Waals surface area (Å²) in [5, 5.41) is 0. The van der Waals surface area contributed by atoms with Gasteiger partial charge in [0.2, 0.25) is 0 Å². The molecular formula is C45H84O6. The van der Waals surface area contributed by atoms with Crippen LogP contribution in [0.5, 0.6) is 0 Å². The second kappa shape index (κ2) is 40.9. The molecule has 0 aromatic heterocycles. The van der Waals surface area contributed by atoms with Gasteiger partial charge < -0.3 is 14.2 Å². The summed E-state index contributed by atoms with van der Waals surface area (Å²) in [6.45, 7) is 6.57. The summed E-state index contributed by atoms with van der Waals surface area (Å²) in [7, 11) is 0. The molecule has 0 fully saturated rings. The van der Waals surface area contributed by atoms with Crippen molar-refractivity contribution in [3.05, 3.63) is 12.2 Å². The van der Waals surface area contributed by atoms with E-state index < -0.39 is 6.10 Å². The summed E-state index contributed by atoms with van der Waals surface area (Å²) in [4.78, 5) is 37.6. The van der Waals surface area contributed by atoms with Crippen molar-refractivity contribution in [3.63, 3.8) is 0 Å². The molecule has 6 heteroatoms. The molecule has 0 N–H and O–H groups in total. The molecule has 0 bridgehead atoms. The van der Waals surface area contributed by atoms with Gasteiger partial charge in [-0.3, -0.25) is 14.4 Å². The van der Waals surface area contributed by atoms with Crippen LogP contribution in [-0.4, -0.2) is 37.2 Å². The number of esters is 3. The second-order valence-corrected chi connectivity index (χ2v) is 15.0. The van der Waals surface area contributed by atoms with Crippen LogP contribution in [-0.2, 0) is 28.6 Å². The summed E-state index contributed by atoms with van der Waals surface area (Å²) in [6, 6.07) is 0. The first-order chi connectivity index (χ1) is 25.0. The topological polar surface area (TPSA) is 78.9 Å². The van der Waals surface area contributed by atoms with Crippen LogP contribution in [0, 0.1) is 0 Å². The maximum Gasteiger partial charge on any atom is 0.306 e. The SMILES string of the molecule is CCCC/C=C\CCCCCCCC(=O)O[C@H](COC(=O)CCCCCCCCCCC)COC(=O)CCCCCCCCCCCCCCC. The van der Waals surface area contributed by atoms with Gasteiger partial charge in [0, 0.05) is 19.3 Å². The maximum atomic E-state index is 12.7. The quantitative estimate of drug-likeness (QED) is 0.0271. The number of allylic oxidation sites excluding steroid dienone is 2. The number of carbonyl (C=O) groups is 3. The first-order valence-electron chi connectivity index (χ1n) is 22.2. The first-order valence-corrected chi connectivity index (χ1v) is 22.2. The molecule has 0 spiro atoms. The summed E-state index contributed by atoms with van der Waals surface area (Å²) in [6.07, 6.45) is 41.9. The lowest BCUT2D eigenvalue weighted by molar-refractivity contribution is -0.167. The van der Waals surface area contributed by atoms with Crippen molar-refractivity contribution in [1.29, 1.82) is 0 Å². The average Bonchev–Trinajstić information content (AvgIpc) is 3.12. The normalized spacial score (nSPS) is 12.0. The van der Waals surface area contributed by atoms with Crippen LogP contribution in [0.4, 0.5) is 0 Å². The maximum absolute atomic E-state index is 12.7. The van der Waals surface area contributed by atoms with Gasteiger partial charge in [-0.05, 0) is 38.5 Å². The minimum absolute atomic E-state index is 0.0693. The highest BCUT2D eigenvalue weighted by atomic mass is 16.6. The number of rotatable bonds is 40. The largest absolute Gasteiger partial charge is 0.462 e. The molecule has 0 unspecified atom stereocenters. The van der Waals surface area contributed by atoms with Gasteiger partial charge in [0.05, 0.1) is 0 Å². The highest BCUT2D eigenvalue weighted by molar-refractivity contribution is 5.71. The van der Waals surface area contributed by atoms with Gasteiger partial charge in [-0.15, -0.1) is 0 Å². The Labute approximate surface area is 316 Å². The molecule has 51 heavy (non-hydrogen) atoms. The fraction of sp³-hybridized carbons (Fsp3) is 0.889. The summed E-state index contributed by atoms with van der Waals surface area (Å²) in [5.74, 6) is -0.876. The van der Waals surface area contributed by atoms with Gasteiger partial charge in [-0.25, -0.2) is 0 Å². The zero-order chi connectivity index (χ0) is 37.3. The molecule has 300 valence electrons. The van der Waals surface area contributed by atoms with Crippen molar-refractivity contribution < 1.29 is 28.6 Å². The van der Waals surface area contributed by atoms with E-state index in [1.807, 2.05) is 0 Å². The average molecular weight is 721 g/mol.